The van der Waals surface area contributed by atoms with Crippen molar-refractivity contribution in [1.29, 1.82) is 5.26 Å². The molecule has 1 rings (SSSR count). The Kier molecular flexibility index (Phi) is 4.99. The van der Waals surface area contributed by atoms with E-state index in [4.69, 9.17) is 22.6 Å². The lowest BCUT2D eigenvalue weighted by Crippen LogP contribution is -2.34. The lowest BCUT2D eigenvalue weighted by atomic mass is 10.1. The molecule has 1 amide bonds. The van der Waals surface area contributed by atoms with Crippen LogP contribution in [-0.4, -0.2) is 23.9 Å². The third kappa shape index (κ3) is 3.38. The van der Waals surface area contributed by atoms with E-state index < -0.39 is 0 Å². The summed E-state index contributed by atoms with van der Waals surface area (Å²) in [6.45, 7) is 4.62. The molecule has 96 valence electrons. The van der Waals surface area contributed by atoms with Crippen molar-refractivity contribution in [2.75, 3.05) is 18.8 Å². The van der Waals surface area contributed by atoms with Crippen molar-refractivity contribution in [2.45, 2.75) is 13.8 Å². The number of benzene rings is 1. The third-order valence-corrected chi connectivity index (χ3v) is 2.96. The molecule has 1 atom stereocenters. The maximum atomic E-state index is 12.2. The van der Waals surface area contributed by atoms with Crippen molar-refractivity contribution in [3.63, 3.8) is 0 Å². The minimum atomic E-state index is -0.196. The Labute approximate surface area is 112 Å². The number of anilines is 1. The second kappa shape index (κ2) is 6.27. The molecule has 0 aliphatic heterocycles. The van der Waals surface area contributed by atoms with E-state index in [1.165, 1.54) is 0 Å². The number of rotatable bonds is 4. The van der Waals surface area contributed by atoms with Crippen molar-refractivity contribution in [2.24, 2.45) is 5.92 Å². The molecule has 0 radical (unpaired) electrons. The minimum absolute atomic E-state index is 0.137. The Morgan fingerprint density at radius 1 is 1.61 bits per heavy atom. The van der Waals surface area contributed by atoms with E-state index >= 15 is 0 Å². The molecule has 0 aliphatic rings. The van der Waals surface area contributed by atoms with E-state index in [1.807, 2.05) is 6.92 Å². The van der Waals surface area contributed by atoms with Crippen LogP contribution in [0.25, 0.3) is 0 Å². The monoisotopic (exact) mass is 265 g/mol. The van der Waals surface area contributed by atoms with Gasteiger partial charge in [0.2, 0.25) is 0 Å². The van der Waals surface area contributed by atoms with E-state index in [0.717, 1.165) is 0 Å². The standard InChI is InChI=1S/C13H16ClN3O/c1-3-17(8-9(2)7-15)13(18)10-4-5-12(16)11(14)6-10/h4-6,9H,3,8,16H2,1-2H3. The molecule has 1 aromatic rings. The summed E-state index contributed by atoms with van der Waals surface area (Å²) in [5, 5.41) is 9.15. The fraction of sp³-hybridized carbons (Fsp3) is 0.385. The molecule has 1 aromatic carbocycles. The SMILES string of the molecule is CCN(CC(C)C#N)C(=O)c1ccc(N)c(Cl)c1. The molecule has 4 nitrogen and oxygen atoms in total. The molecule has 0 bridgehead atoms. The van der Waals surface area contributed by atoms with Crippen LogP contribution in [0.3, 0.4) is 0 Å². The molecule has 0 saturated carbocycles. The summed E-state index contributed by atoms with van der Waals surface area (Å²) in [5.41, 5.74) is 6.53. The van der Waals surface area contributed by atoms with Gasteiger partial charge in [-0.05, 0) is 32.0 Å². The minimum Gasteiger partial charge on any atom is -0.398 e. The lowest BCUT2D eigenvalue weighted by Gasteiger charge is -2.22. The molecule has 18 heavy (non-hydrogen) atoms. The first-order valence-corrected chi connectivity index (χ1v) is 6.11. The predicted octanol–water partition coefficient (Wildman–Crippen LogP) is 2.54. The van der Waals surface area contributed by atoms with Crippen molar-refractivity contribution >= 4 is 23.2 Å². The van der Waals surface area contributed by atoms with Gasteiger partial charge in [0.15, 0.2) is 0 Å². The topological polar surface area (TPSA) is 70.1 Å². The third-order valence-electron chi connectivity index (χ3n) is 2.63. The highest BCUT2D eigenvalue weighted by atomic mass is 35.5. The highest BCUT2D eigenvalue weighted by molar-refractivity contribution is 6.33. The van der Waals surface area contributed by atoms with Gasteiger partial charge in [-0.2, -0.15) is 5.26 Å². The number of carbonyl (C=O) groups is 1. The van der Waals surface area contributed by atoms with Crippen molar-refractivity contribution in [3.8, 4) is 6.07 Å². The number of hydrogen-bond acceptors (Lipinski definition) is 3. The summed E-state index contributed by atoms with van der Waals surface area (Å²) in [5.74, 6) is -0.334. The molecular weight excluding hydrogens is 250 g/mol. The highest BCUT2D eigenvalue weighted by Gasteiger charge is 2.17. The first-order valence-electron chi connectivity index (χ1n) is 5.73. The summed E-state index contributed by atoms with van der Waals surface area (Å²) in [6.07, 6.45) is 0. The van der Waals surface area contributed by atoms with Crippen LogP contribution in [0.15, 0.2) is 18.2 Å². The molecule has 1 unspecified atom stereocenters. The summed E-state index contributed by atoms with van der Waals surface area (Å²) in [6, 6.07) is 6.92. The number of halogens is 1. The number of nitrogen functional groups attached to an aromatic ring is 1. The van der Waals surface area contributed by atoms with Gasteiger partial charge in [-0.25, -0.2) is 0 Å². The van der Waals surface area contributed by atoms with Gasteiger partial charge >= 0.3 is 0 Å². The lowest BCUT2D eigenvalue weighted by molar-refractivity contribution is 0.0753. The molecule has 0 heterocycles. The zero-order chi connectivity index (χ0) is 13.7. The predicted molar refractivity (Wildman–Crippen MR) is 72.2 cm³/mol. The van der Waals surface area contributed by atoms with Gasteiger partial charge in [0.1, 0.15) is 0 Å². The van der Waals surface area contributed by atoms with Gasteiger partial charge in [0.25, 0.3) is 5.91 Å². The van der Waals surface area contributed by atoms with Crippen LogP contribution < -0.4 is 5.73 Å². The van der Waals surface area contributed by atoms with Gasteiger partial charge in [-0.1, -0.05) is 11.6 Å². The zero-order valence-electron chi connectivity index (χ0n) is 10.5. The Bertz CT molecular complexity index is 482. The molecule has 0 aromatic heterocycles. The number of nitrogens with zero attached hydrogens (tertiary/aromatic N) is 2. The van der Waals surface area contributed by atoms with Gasteiger partial charge in [0, 0.05) is 18.7 Å². The van der Waals surface area contributed by atoms with E-state index in [0.29, 0.717) is 29.4 Å². The van der Waals surface area contributed by atoms with Crippen molar-refractivity contribution < 1.29 is 4.79 Å². The van der Waals surface area contributed by atoms with Gasteiger partial charge in [-0.15, -0.1) is 0 Å². The number of carbonyl (C=O) groups excluding carboxylic acids is 1. The maximum absolute atomic E-state index is 12.2. The molecule has 5 heteroatoms. The fourth-order valence-electron chi connectivity index (χ4n) is 1.57. The second-order valence-electron chi connectivity index (χ2n) is 4.11. The molecule has 0 spiro atoms. The zero-order valence-corrected chi connectivity index (χ0v) is 11.2. The summed E-state index contributed by atoms with van der Waals surface area (Å²) in [7, 11) is 0. The van der Waals surface area contributed by atoms with Crippen LogP contribution in [0.2, 0.25) is 5.02 Å². The number of nitriles is 1. The van der Waals surface area contributed by atoms with Crippen LogP contribution in [0.4, 0.5) is 5.69 Å². The normalized spacial score (nSPS) is 11.7. The average molecular weight is 266 g/mol. The molecule has 0 aliphatic carbocycles. The molecule has 0 fully saturated rings. The van der Waals surface area contributed by atoms with Crippen LogP contribution in [0, 0.1) is 17.2 Å². The quantitative estimate of drug-likeness (QED) is 0.851. The van der Waals surface area contributed by atoms with Gasteiger partial charge in [0.05, 0.1) is 22.7 Å². The van der Waals surface area contributed by atoms with Crippen molar-refractivity contribution in [1.82, 2.24) is 4.90 Å². The van der Waals surface area contributed by atoms with Crippen LogP contribution >= 0.6 is 11.6 Å². The Balaban J connectivity index is 2.90. The smallest absolute Gasteiger partial charge is 0.253 e. The van der Waals surface area contributed by atoms with Crippen LogP contribution in [-0.2, 0) is 0 Å². The summed E-state index contributed by atoms with van der Waals surface area (Å²) >= 11 is 5.89. The molecular formula is C13H16ClN3O. The Hall–Kier alpha value is -1.73. The van der Waals surface area contributed by atoms with Crippen molar-refractivity contribution in [3.05, 3.63) is 28.8 Å². The summed E-state index contributed by atoms with van der Waals surface area (Å²) in [4.78, 5) is 13.8. The largest absolute Gasteiger partial charge is 0.398 e. The Morgan fingerprint density at radius 2 is 2.28 bits per heavy atom. The van der Waals surface area contributed by atoms with E-state index in [2.05, 4.69) is 6.07 Å². The van der Waals surface area contributed by atoms with Crippen LogP contribution in [0.1, 0.15) is 24.2 Å². The molecule has 2 N–H and O–H groups in total. The van der Waals surface area contributed by atoms with E-state index in [9.17, 15) is 4.79 Å². The first-order chi connectivity index (χ1) is 8.49. The Morgan fingerprint density at radius 3 is 2.78 bits per heavy atom. The molecule has 0 saturated heterocycles. The van der Waals surface area contributed by atoms with E-state index in [-0.39, 0.29) is 11.8 Å². The number of amides is 1. The highest BCUT2D eigenvalue weighted by Crippen LogP contribution is 2.20. The average Bonchev–Trinajstić information content (AvgIpc) is 2.38. The second-order valence-corrected chi connectivity index (χ2v) is 4.52. The van der Waals surface area contributed by atoms with E-state index in [1.54, 1.807) is 30.0 Å². The van der Waals surface area contributed by atoms with Gasteiger partial charge in [-0.3, -0.25) is 4.79 Å². The summed E-state index contributed by atoms with van der Waals surface area (Å²) < 4.78 is 0. The fourth-order valence-corrected chi connectivity index (χ4v) is 1.75. The first kappa shape index (κ1) is 14.3. The number of nitrogens with two attached hydrogens (primary N) is 1. The maximum Gasteiger partial charge on any atom is 0.253 e. The number of hydrogen-bond donors (Lipinski definition) is 1. The van der Waals surface area contributed by atoms with Crippen LogP contribution in [0.5, 0.6) is 0 Å². The van der Waals surface area contributed by atoms with Gasteiger partial charge < -0.3 is 10.6 Å².